The second-order valence-electron chi connectivity index (χ2n) is 9.39. The monoisotopic (exact) mass is 552 g/mol. The van der Waals surface area contributed by atoms with Gasteiger partial charge in [0.15, 0.2) is 5.69 Å². The molecule has 0 fully saturated rings. The Morgan fingerprint density at radius 2 is 1.54 bits per heavy atom. The molecule has 2 rings (SSSR count). The summed E-state index contributed by atoms with van der Waals surface area (Å²) >= 11 is 0. The maximum absolute atomic E-state index is 7.51. The van der Waals surface area contributed by atoms with Gasteiger partial charge in [-0.3, -0.25) is 6.58 Å². The van der Waals surface area contributed by atoms with Crippen LogP contribution in [0.2, 0.25) is 0 Å². The summed E-state index contributed by atoms with van der Waals surface area (Å²) in [6, 6.07) is 18.3. The predicted octanol–water partition coefficient (Wildman–Crippen LogP) is 8.77. The Morgan fingerprint density at radius 1 is 1.00 bits per heavy atom. The van der Waals surface area contributed by atoms with Crippen LogP contribution in [0.3, 0.4) is 0 Å². The summed E-state index contributed by atoms with van der Waals surface area (Å²) in [6.07, 6.45) is 12.7. The first-order chi connectivity index (χ1) is 16.2. The fraction of sp³-hybridized carbons (Fsp3) is 0.484. The Labute approximate surface area is 242 Å². The third-order valence-electron chi connectivity index (χ3n) is 5.60. The Morgan fingerprint density at radius 3 is 1.94 bits per heavy atom. The summed E-state index contributed by atoms with van der Waals surface area (Å²) in [5, 5.41) is 0. The second-order valence-corrected chi connectivity index (χ2v) is 9.39. The van der Waals surface area contributed by atoms with Crippen molar-refractivity contribution in [3.63, 3.8) is 0 Å². The van der Waals surface area contributed by atoms with Crippen molar-refractivity contribution in [1.29, 1.82) is 0 Å². The minimum absolute atomic E-state index is 0. The third kappa shape index (κ3) is 17.8. The van der Waals surface area contributed by atoms with Gasteiger partial charge in [0.1, 0.15) is 13.8 Å². The predicted molar refractivity (Wildman–Crippen MR) is 152 cm³/mol. The first-order valence-corrected chi connectivity index (χ1v) is 12.7. The van der Waals surface area contributed by atoms with E-state index in [0.717, 1.165) is 30.5 Å². The fourth-order valence-electron chi connectivity index (χ4n) is 3.55. The van der Waals surface area contributed by atoms with Gasteiger partial charge in [0.05, 0.1) is 0 Å². The van der Waals surface area contributed by atoms with E-state index in [9.17, 15) is 0 Å². The minimum atomic E-state index is -0.385. The van der Waals surface area contributed by atoms with Gasteiger partial charge in [-0.25, -0.2) is 4.58 Å². The zero-order valence-electron chi connectivity index (χ0n) is 23.1. The van der Waals surface area contributed by atoms with E-state index in [1.807, 2.05) is 54.1 Å². The molecule has 0 heterocycles. The third-order valence-corrected chi connectivity index (χ3v) is 5.60. The average molecular weight is 553 g/mol. The summed E-state index contributed by atoms with van der Waals surface area (Å²) in [6.45, 7) is 20.1. The molecular weight excluding hydrogens is 503 g/mol. The molecule has 3 nitrogen and oxygen atoms in total. The van der Waals surface area contributed by atoms with Gasteiger partial charge in [-0.15, -0.1) is 5.54 Å². The van der Waals surface area contributed by atoms with Crippen LogP contribution in [-0.4, -0.2) is 23.9 Å². The van der Waals surface area contributed by atoms with Gasteiger partial charge in [0, 0.05) is 0 Å². The molecule has 0 saturated carbocycles. The van der Waals surface area contributed by atoms with Crippen LogP contribution in [0, 0.1) is 18.9 Å². The van der Waals surface area contributed by atoms with E-state index in [0.29, 0.717) is 5.92 Å². The molecule has 1 unspecified atom stereocenters. The van der Waals surface area contributed by atoms with E-state index in [1.54, 1.807) is 0 Å². The molecule has 0 radical (unpaired) electrons. The van der Waals surface area contributed by atoms with Gasteiger partial charge in [-0.1, -0.05) is 103 Å². The number of hydrogen-bond donors (Lipinski definition) is 1. The normalized spacial score (nSPS) is 11.6. The average Bonchev–Trinajstić information content (AvgIpc) is 2.84. The molecule has 0 aliphatic carbocycles. The van der Waals surface area contributed by atoms with Crippen molar-refractivity contribution in [1.82, 2.24) is 5.43 Å². The Bertz CT molecular complexity index is 768. The maximum Gasteiger partial charge on any atom is 3.00 e. The first-order valence-electron chi connectivity index (χ1n) is 12.7. The molecule has 0 aliphatic rings. The van der Waals surface area contributed by atoms with Crippen LogP contribution in [-0.2, 0) is 39.1 Å². The van der Waals surface area contributed by atoms with Crippen molar-refractivity contribution >= 4 is 12.4 Å². The largest absolute Gasteiger partial charge is 3.00 e. The number of nitrogens with zero attached hydrogens (tertiary/aromatic N) is 1. The number of unbranched alkanes of at least 4 members (excludes halogenated alkanes) is 4. The van der Waals surface area contributed by atoms with Gasteiger partial charge >= 0.3 is 32.7 Å². The molecule has 0 bridgehead atoms. The van der Waals surface area contributed by atoms with Crippen molar-refractivity contribution in [2.24, 2.45) is 5.92 Å². The molecule has 0 aromatic heterocycles. The number of nitrogens with one attached hydrogen (secondary N) is 2. The quantitative estimate of drug-likeness (QED) is 0.0923. The van der Waals surface area contributed by atoms with Crippen molar-refractivity contribution in [3.05, 3.63) is 91.1 Å². The molecule has 2 aromatic rings. The summed E-state index contributed by atoms with van der Waals surface area (Å²) in [7, 11) is 1.91. The summed E-state index contributed by atoms with van der Waals surface area (Å²) < 4.78 is 1.82. The van der Waals surface area contributed by atoms with E-state index in [2.05, 4.69) is 71.5 Å². The zero-order chi connectivity index (χ0) is 25.8. The van der Waals surface area contributed by atoms with Gasteiger partial charge in [-0.05, 0) is 30.0 Å². The van der Waals surface area contributed by atoms with Gasteiger partial charge in [-0.2, -0.15) is 24.6 Å². The zero-order valence-corrected chi connectivity index (χ0v) is 25.9. The van der Waals surface area contributed by atoms with Gasteiger partial charge in [0.25, 0.3) is 0 Å². The molecule has 35 heavy (non-hydrogen) atoms. The summed E-state index contributed by atoms with van der Waals surface area (Å²) in [5.74, 6) is 8.04. The second kappa shape index (κ2) is 22.0. The standard InChI is InChI=1S/C15H22N2.C9H11N.C7H16.Y/c1-4-15(17-16,12-13(2)3)11-10-14-8-6-5-7-9-14;1-8-4-6-9(7-5-8)10(2)3;1-3-5-7-6-4-2;/h5-9,13,16-17H,1,10-12H2,2-3H3;4-7H,1-2H2,3H3;3-7H2,1-2H3;/q-2;;;+3. The van der Waals surface area contributed by atoms with Crippen LogP contribution in [0.1, 0.15) is 83.8 Å². The molecular formula is C31H49N3Y+. The Kier molecular flexibility index (Phi) is 22.5. The Hall–Kier alpha value is -1.26. The molecule has 190 valence electrons. The minimum Gasteiger partial charge on any atom is -0.614 e. The molecule has 0 amide bonds. The van der Waals surface area contributed by atoms with Crippen molar-refractivity contribution < 1.29 is 37.3 Å². The SMILES string of the molecule is C=[C-]C(CCc1ccccc1)(CC(C)C)N[NH-].C=[N+](C)c1ccc([CH2-])cc1.CCCCCCC.[Y+3]. The van der Waals surface area contributed by atoms with Gasteiger partial charge < -0.3 is 17.3 Å². The Balaban J connectivity index is 0. The number of aryl methyl sites for hydroxylation is 1. The van der Waals surface area contributed by atoms with Crippen molar-refractivity contribution in [2.45, 2.75) is 84.6 Å². The van der Waals surface area contributed by atoms with Crippen LogP contribution >= 0.6 is 0 Å². The molecule has 4 heteroatoms. The fourth-order valence-corrected chi connectivity index (χ4v) is 3.55. The van der Waals surface area contributed by atoms with Crippen LogP contribution in [0.4, 0.5) is 5.69 Å². The first kappa shape index (κ1) is 35.9. The van der Waals surface area contributed by atoms with E-state index in [4.69, 9.17) is 5.84 Å². The van der Waals surface area contributed by atoms with Crippen molar-refractivity contribution in [2.75, 3.05) is 7.05 Å². The maximum atomic E-state index is 7.51. The molecule has 0 aliphatic heterocycles. The van der Waals surface area contributed by atoms with Gasteiger partial charge in [0.2, 0.25) is 0 Å². The van der Waals surface area contributed by atoms with E-state index in [-0.39, 0.29) is 38.2 Å². The molecule has 2 N–H and O–H groups in total. The van der Waals surface area contributed by atoms with Crippen LogP contribution in [0.5, 0.6) is 0 Å². The summed E-state index contributed by atoms with van der Waals surface area (Å²) in [4.78, 5) is 0. The molecule has 2 aromatic carbocycles. The van der Waals surface area contributed by atoms with E-state index in [1.165, 1.54) is 37.7 Å². The van der Waals surface area contributed by atoms with Crippen molar-refractivity contribution in [3.8, 4) is 0 Å². The summed E-state index contributed by atoms with van der Waals surface area (Å²) in [5.41, 5.74) is 5.69. The topological polar surface area (TPSA) is 38.8 Å². The molecule has 1 atom stereocenters. The van der Waals surface area contributed by atoms with Crippen LogP contribution < -0.4 is 5.43 Å². The van der Waals surface area contributed by atoms with Crippen LogP contribution in [0.25, 0.3) is 5.84 Å². The number of rotatable bonds is 12. The molecule has 0 saturated heterocycles. The number of benzene rings is 2. The van der Waals surface area contributed by atoms with E-state index >= 15 is 0 Å². The smallest absolute Gasteiger partial charge is 0.614 e. The molecule has 0 spiro atoms. The number of hydrogen-bond acceptors (Lipinski definition) is 1. The van der Waals surface area contributed by atoms with Crippen LogP contribution in [0.15, 0.2) is 61.2 Å². The van der Waals surface area contributed by atoms with E-state index < -0.39 is 0 Å².